The molecule has 0 bridgehead atoms. The van der Waals surface area contributed by atoms with E-state index >= 15 is 0 Å². The third-order valence-corrected chi connectivity index (χ3v) is 5.29. The highest BCUT2D eigenvalue weighted by molar-refractivity contribution is 6.07. The molecule has 0 spiro atoms. The summed E-state index contributed by atoms with van der Waals surface area (Å²) in [6.45, 7) is 7.52. The number of carbonyl (C=O) groups is 1. The number of amides is 1. The number of piperazine rings is 1. The molecule has 4 rings (SSSR count). The number of carbonyl (C=O) groups excluding carboxylic acids is 1. The van der Waals surface area contributed by atoms with Gasteiger partial charge in [0.25, 0.3) is 5.91 Å². The molecule has 0 aliphatic carbocycles. The van der Waals surface area contributed by atoms with Crippen LogP contribution in [0.5, 0.6) is 0 Å². The standard InChI is InChI=1S/C22H25N5O/c1-15-7-6-8-16(2)19(15)25-22(28)20-21(27-13-11-26(3)12-14-27)24-18-10-5-4-9-17(18)23-20/h4-10H,11-14H2,1-3H3,(H,25,28). The lowest BCUT2D eigenvalue weighted by Crippen LogP contribution is -2.45. The number of rotatable bonds is 3. The Morgan fingerprint density at radius 2 is 1.50 bits per heavy atom. The van der Waals surface area contributed by atoms with Gasteiger partial charge in [0.1, 0.15) is 0 Å². The Morgan fingerprint density at radius 1 is 0.893 bits per heavy atom. The largest absolute Gasteiger partial charge is 0.352 e. The van der Waals surface area contributed by atoms with E-state index in [9.17, 15) is 4.79 Å². The third-order valence-electron chi connectivity index (χ3n) is 5.29. The molecule has 2 heterocycles. The van der Waals surface area contributed by atoms with E-state index in [1.165, 1.54) is 0 Å². The number of aryl methyl sites for hydroxylation is 2. The molecule has 1 aromatic heterocycles. The number of benzene rings is 2. The van der Waals surface area contributed by atoms with Gasteiger partial charge < -0.3 is 15.1 Å². The summed E-state index contributed by atoms with van der Waals surface area (Å²) >= 11 is 0. The van der Waals surface area contributed by atoms with Crippen LogP contribution in [0.15, 0.2) is 42.5 Å². The number of nitrogens with one attached hydrogen (secondary N) is 1. The molecule has 2 aromatic carbocycles. The molecular formula is C22H25N5O. The van der Waals surface area contributed by atoms with Crippen molar-refractivity contribution in [3.05, 3.63) is 59.3 Å². The van der Waals surface area contributed by atoms with Crippen LogP contribution < -0.4 is 10.2 Å². The zero-order valence-corrected chi connectivity index (χ0v) is 16.6. The molecule has 0 atom stereocenters. The van der Waals surface area contributed by atoms with E-state index in [0.29, 0.717) is 11.5 Å². The van der Waals surface area contributed by atoms with Crippen molar-refractivity contribution in [3.8, 4) is 0 Å². The molecule has 1 aliphatic rings. The van der Waals surface area contributed by atoms with Gasteiger partial charge in [0.2, 0.25) is 0 Å². The highest BCUT2D eigenvalue weighted by Crippen LogP contribution is 2.25. The van der Waals surface area contributed by atoms with Crippen LogP contribution in [-0.2, 0) is 0 Å². The van der Waals surface area contributed by atoms with Crippen molar-refractivity contribution in [3.63, 3.8) is 0 Å². The second kappa shape index (κ2) is 7.56. The van der Waals surface area contributed by atoms with Crippen LogP contribution >= 0.6 is 0 Å². The monoisotopic (exact) mass is 375 g/mol. The van der Waals surface area contributed by atoms with E-state index in [1.54, 1.807) is 0 Å². The Bertz CT molecular complexity index is 1000. The van der Waals surface area contributed by atoms with Gasteiger partial charge >= 0.3 is 0 Å². The number of anilines is 2. The summed E-state index contributed by atoms with van der Waals surface area (Å²) in [5, 5.41) is 3.07. The fourth-order valence-corrected chi connectivity index (χ4v) is 3.57. The Morgan fingerprint density at radius 3 is 2.14 bits per heavy atom. The molecule has 6 nitrogen and oxygen atoms in total. The normalized spacial score (nSPS) is 15.0. The second-order valence-corrected chi connectivity index (χ2v) is 7.40. The first-order valence-electron chi connectivity index (χ1n) is 9.61. The van der Waals surface area contributed by atoms with E-state index in [2.05, 4.69) is 22.2 Å². The lowest BCUT2D eigenvalue weighted by Gasteiger charge is -2.33. The van der Waals surface area contributed by atoms with Gasteiger partial charge in [-0.25, -0.2) is 9.97 Å². The van der Waals surface area contributed by atoms with Gasteiger partial charge in [0.05, 0.1) is 11.0 Å². The van der Waals surface area contributed by atoms with Gasteiger partial charge in [-0.15, -0.1) is 0 Å². The van der Waals surface area contributed by atoms with Crippen LogP contribution in [0.1, 0.15) is 21.6 Å². The zero-order valence-electron chi connectivity index (χ0n) is 16.6. The Hall–Kier alpha value is -2.99. The first-order chi connectivity index (χ1) is 13.5. The van der Waals surface area contributed by atoms with Gasteiger partial charge in [-0.3, -0.25) is 4.79 Å². The Labute approximate surface area is 165 Å². The van der Waals surface area contributed by atoms with Crippen LogP contribution in [0.25, 0.3) is 11.0 Å². The lowest BCUT2D eigenvalue weighted by molar-refractivity contribution is 0.102. The van der Waals surface area contributed by atoms with Crippen LogP contribution in [0.4, 0.5) is 11.5 Å². The van der Waals surface area contributed by atoms with Gasteiger partial charge in [0.15, 0.2) is 11.5 Å². The fourth-order valence-electron chi connectivity index (χ4n) is 3.57. The maximum absolute atomic E-state index is 13.2. The topological polar surface area (TPSA) is 61.4 Å². The molecule has 1 N–H and O–H groups in total. The molecule has 3 aromatic rings. The lowest BCUT2D eigenvalue weighted by atomic mass is 10.1. The van der Waals surface area contributed by atoms with Crippen molar-refractivity contribution in [2.24, 2.45) is 0 Å². The van der Waals surface area contributed by atoms with Gasteiger partial charge in [-0.2, -0.15) is 0 Å². The number of hydrogen-bond acceptors (Lipinski definition) is 5. The minimum Gasteiger partial charge on any atom is -0.352 e. The molecule has 1 fully saturated rings. The highest BCUT2D eigenvalue weighted by atomic mass is 16.1. The predicted octanol–water partition coefficient (Wildman–Crippen LogP) is 3.25. The van der Waals surface area contributed by atoms with Crippen LogP contribution in [0.2, 0.25) is 0 Å². The molecule has 144 valence electrons. The Balaban J connectivity index is 1.75. The molecule has 6 heteroatoms. The quantitative estimate of drug-likeness (QED) is 0.761. The minimum atomic E-state index is -0.218. The van der Waals surface area contributed by atoms with Crippen molar-refractivity contribution < 1.29 is 4.79 Å². The third kappa shape index (κ3) is 3.55. The van der Waals surface area contributed by atoms with E-state index in [0.717, 1.165) is 54.0 Å². The number of aromatic nitrogens is 2. The smallest absolute Gasteiger partial charge is 0.278 e. The van der Waals surface area contributed by atoms with Crippen molar-refractivity contribution in [1.29, 1.82) is 0 Å². The van der Waals surface area contributed by atoms with E-state index in [4.69, 9.17) is 9.97 Å². The van der Waals surface area contributed by atoms with Gasteiger partial charge in [-0.05, 0) is 44.2 Å². The fraction of sp³-hybridized carbons (Fsp3) is 0.318. The summed E-state index contributed by atoms with van der Waals surface area (Å²) in [5.74, 6) is 0.445. The van der Waals surface area contributed by atoms with Crippen LogP contribution in [0.3, 0.4) is 0 Å². The van der Waals surface area contributed by atoms with Crippen LogP contribution in [0, 0.1) is 13.8 Å². The average Bonchev–Trinajstić information content (AvgIpc) is 2.70. The van der Waals surface area contributed by atoms with E-state index in [1.807, 2.05) is 56.3 Å². The summed E-state index contributed by atoms with van der Waals surface area (Å²) < 4.78 is 0. The minimum absolute atomic E-state index is 0.218. The van der Waals surface area contributed by atoms with Crippen molar-refractivity contribution in [1.82, 2.24) is 14.9 Å². The predicted molar refractivity (Wildman–Crippen MR) is 113 cm³/mol. The second-order valence-electron chi connectivity index (χ2n) is 7.40. The van der Waals surface area contributed by atoms with Gasteiger partial charge in [-0.1, -0.05) is 30.3 Å². The number of likely N-dealkylation sites (N-methyl/N-ethyl adjacent to an activating group) is 1. The summed E-state index contributed by atoms with van der Waals surface area (Å²) in [4.78, 5) is 27.2. The number of fused-ring (bicyclic) bond motifs is 1. The number of para-hydroxylation sites is 3. The van der Waals surface area contributed by atoms with Crippen molar-refractivity contribution in [2.45, 2.75) is 13.8 Å². The maximum Gasteiger partial charge on any atom is 0.278 e. The van der Waals surface area contributed by atoms with Gasteiger partial charge in [0, 0.05) is 31.9 Å². The summed E-state index contributed by atoms with van der Waals surface area (Å²) in [5.41, 5.74) is 4.82. The SMILES string of the molecule is Cc1cccc(C)c1NC(=O)c1nc2ccccc2nc1N1CCN(C)CC1. The number of nitrogens with zero attached hydrogens (tertiary/aromatic N) is 4. The molecule has 0 unspecified atom stereocenters. The molecule has 0 radical (unpaired) electrons. The molecule has 1 aliphatic heterocycles. The first-order valence-corrected chi connectivity index (χ1v) is 9.61. The summed E-state index contributed by atoms with van der Waals surface area (Å²) in [6.07, 6.45) is 0. The summed E-state index contributed by atoms with van der Waals surface area (Å²) in [6, 6.07) is 13.7. The van der Waals surface area contributed by atoms with Crippen molar-refractivity contribution >= 4 is 28.4 Å². The zero-order chi connectivity index (χ0) is 19.7. The maximum atomic E-state index is 13.2. The highest BCUT2D eigenvalue weighted by Gasteiger charge is 2.24. The molecule has 0 saturated carbocycles. The Kier molecular flexibility index (Phi) is 4.96. The first kappa shape index (κ1) is 18.4. The average molecular weight is 375 g/mol. The van der Waals surface area contributed by atoms with Crippen molar-refractivity contribution in [2.75, 3.05) is 43.4 Å². The van der Waals surface area contributed by atoms with Crippen LogP contribution in [-0.4, -0.2) is 54.0 Å². The number of hydrogen-bond donors (Lipinski definition) is 1. The molecule has 1 saturated heterocycles. The van der Waals surface area contributed by atoms with E-state index < -0.39 is 0 Å². The summed E-state index contributed by atoms with van der Waals surface area (Å²) in [7, 11) is 2.11. The molecule has 28 heavy (non-hydrogen) atoms. The molecule has 1 amide bonds. The van der Waals surface area contributed by atoms with E-state index in [-0.39, 0.29) is 5.91 Å². The molecular weight excluding hydrogens is 350 g/mol.